The standard InChI is InChI=1S/C30H46O5/c1-25(2)14-18-17-8-9-20-27(5)12-11-21(32)26(3,4)19(27)10-13-28(20,6)29(17,7)15-22(33)30(18,16-31)24(35)23(25)34/h8,11-12,18-20,22-24,31,33-35H,9-10,13-16H2,1-7H3/t18-,19-,20+,22+,23-,24-,27-,28+,29+,30-/m0/s1. The molecule has 3 fully saturated rings. The number of aliphatic hydroxyl groups is 4. The summed E-state index contributed by atoms with van der Waals surface area (Å²) in [5.74, 6) is 0.629. The van der Waals surface area contributed by atoms with Gasteiger partial charge in [0.25, 0.3) is 0 Å². The molecule has 0 unspecified atom stereocenters. The van der Waals surface area contributed by atoms with Crippen LogP contribution in [-0.2, 0) is 4.79 Å². The van der Waals surface area contributed by atoms with Crippen LogP contribution < -0.4 is 0 Å². The summed E-state index contributed by atoms with van der Waals surface area (Å²) in [6.45, 7) is 14.8. The van der Waals surface area contributed by atoms with Gasteiger partial charge in [-0.25, -0.2) is 0 Å². The van der Waals surface area contributed by atoms with Gasteiger partial charge in [-0.3, -0.25) is 4.79 Å². The fourth-order valence-electron chi connectivity index (χ4n) is 10.2. The highest BCUT2D eigenvalue weighted by molar-refractivity contribution is 5.95. The van der Waals surface area contributed by atoms with Gasteiger partial charge < -0.3 is 20.4 Å². The van der Waals surface area contributed by atoms with Crippen LogP contribution in [-0.4, -0.2) is 51.1 Å². The first-order valence-electron chi connectivity index (χ1n) is 13.6. The highest BCUT2D eigenvalue weighted by Crippen LogP contribution is 2.74. The molecular weight excluding hydrogens is 440 g/mol. The summed E-state index contributed by atoms with van der Waals surface area (Å²) in [5.41, 5.74) is -1.33. The zero-order valence-corrected chi connectivity index (χ0v) is 22.6. The molecule has 5 aliphatic carbocycles. The van der Waals surface area contributed by atoms with Crippen molar-refractivity contribution in [2.24, 2.45) is 50.2 Å². The van der Waals surface area contributed by atoms with E-state index in [4.69, 9.17) is 0 Å². The summed E-state index contributed by atoms with van der Waals surface area (Å²) >= 11 is 0. The summed E-state index contributed by atoms with van der Waals surface area (Å²) in [6, 6.07) is 0. The van der Waals surface area contributed by atoms with Crippen LogP contribution in [0.25, 0.3) is 0 Å². The predicted octanol–water partition coefficient (Wildman–Crippen LogP) is 4.04. The lowest BCUT2D eigenvalue weighted by Crippen LogP contribution is -2.71. The second kappa shape index (κ2) is 7.30. The van der Waals surface area contributed by atoms with Gasteiger partial charge in [0.05, 0.1) is 30.3 Å². The topological polar surface area (TPSA) is 98.0 Å². The monoisotopic (exact) mass is 486 g/mol. The third-order valence-electron chi connectivity index (χ3n) is 12.7. The molecule has 5 rings (SSSR count). The molecule has 0 spiro atoms. The quantitative estimate of drug-likeness (QED) is 0.420. The minimum absolute atomic E-state index is 0.100. The van der Waals surface area contributed by atoms with E-state index in [0.717, 1.165) is 19.3 Å². The van der Waals surface area contributed by atoms with Crippen molar-refractivity contribution in [2.45, 2.75) is 98.9 Å². The smallest absolute Gasteiger partial charge is 0.161 e. The molecule has 4 N–H and O–H groups in total. The van der Waals surface area contributed by atoms with Crippen LogP contribution in [0.3, 0.4) is 0 Å². The summed E-state index contributed by atoms with van der Waals surface area (Å²) < 4.78 is 0. The lowest BCUT2D eigenvalue weighted by atomic mass is 9.33. The van der Waals surface area contributed by atoms with Crippen LogP contribution in [0.5, 0.6) is 0 Å². The van der Waals surface area contributed by atoms with Crippen LogP contribution in [0.2, 0.25) is 0 Å². The van der Waals surface area contributed by atoms with Gasteiger partial charge in [0.2, 0.25) is 0 Å². The van der Waals surface area contributed by atoms with E-state index >= 15 is 0 Å². The first-order chi connectivity index (χ1) is 16.0. The third kappa shape index (κ3) is 2.82. The molecule has 5 nitrogen and oxygen atoms in total. The largest absolute Gasteiger partial charge is 0.396 e. The first kappa shape index (κ1) is 25.6. The molecule has 196 valence electrons. The van der Waals surface area contributed by atoms with Crippen LogP contribution in [0.1, 0.15) is 80.6 Å². The van der Waals surface area contributed by atoms with Crippen molar-refractivity contribution in [3.05, 3.63) is 23.8 Å². The first-order valence-corrected chi connectivity index (χ1v) is 13.6. The maximum Gasteiger partial charge on any atom is 0.161 e. The zero-order chi connectivity index (χ0) is 26.0. The average molecular weight is 487 g/mol. The number of carbonyl (C=O) groups excluding carboxylic acids is 1. The summed E-state index contributed by atoms with van der Waals surface area (Å²) in [5, 5.41) is 44.7. The molecule has 0 saturated heterocycles. The Balaban J connectivity index is 1.66. The van der Waals surface area contributed by atoms with Crippen molar-refractivity contribution in [2.75, 3.05) is 6.61 Å². The molecule has 10 atom stereocenters. The zero-order valence-electron chi connectivity index (χ0n) is 22.6. The average Bonchev–Trinajstić information content (AvgIpc) is 2.76. The molecule has 0 aliphatic heterocycles. The molecular formula is C30H46O5. The minimum Gasteiger partial charge on any atom is -0.396 e. The molecule has 0 aromatic heterocycles. The van der Waals surface area contributed by atoms with E-state index in [1.807, 2.05) is 19.9 Å². The Bertz CT molecular complexity index is 995. The van der Waals surface area contributed by atoms with E-state index in [2.05, 4.69) is 46.8 Å². The Hall–Kier alpha value is -1.01. The maximum atomic E-state index is 12.8. The summed E-state index contributed by atoms with van der Waals surface area (Å²) in [6.07, 6.45) is 7.18. The molecule has 3 saturated carbocycles. The lowest BCUT2D eigenvalue weighted by molar-refractivity contribution is -0.250. The Kier molecular flexibility index (Phi) is 5.35. The van der Waals surface area contributed by atoms with Gasteiger partial charge in [0.15, 0.2) is 5.78 Å². The molecule has 0 amide bonds. The number of carbonyl (C=O) groups is 1. The van der Waals surface area contributed by atoms with Gasteiger partial charge in [-0.1, -0.05) is 66.2 Å². The Morgan fingerprint density at radius 3 is 2.23 bits per heavy atom. The van der Waals surface area contributed by atoms with Crippen molar-refractivity contribution in [3.63, 3.8) is 0 Å². The number of fused-ring (bicyclic) bond motifs is 7. The van der Waals surface area contributed by atoms with E-state index in [0.29, 0.717) is 18.8 Å². The van der Waals surface area contributed by atoms with Crippen LogP contribution in [0.4, 0.5) is 0 Å². The maximum absolute atomic E-state index is 12.8. The second-order valence-electron chi connectivity index (χ2n) is 14.7. The summed E-state index contributed by atoms with van der Waals surface area (Å²) in [7, 11) is 0. The number of allylic oxidation sites excluding steroid dienone is 4. The third-order valence-corrected chi connectivity index (χ3v) is 12.7. The Labute approximate surface area is 210 Å². The minimum atomic E-state index is -1.19. The molecule has 35 heavy (non-hydrogen) atoms. The molecule has 0 heterocycles. The molecule has 5 aliphatic rings. The normalized spacial score (nSPS) is 54.1. The Morgan fingerprint density at radius 1 is 0.943 bits per heavy atom. The van der Waals surface area contributed by atoms with E-state index in [1.54, 1.807) is 0 Å². The van der Waals surface area contributed by atoms with Gasteiger partial charge in [-0.05, 0) is 77.6 Å². The Morgan fingerprint density at radius 2 is 1.60 bits per heavy atom. The van der Waals surface area contributed by atoms with Crippen LogP contribution >= 0.6 is 0 Å². The van der Waals surface area contributed by atoms with Crippen LogP contribution in [0.15, 0.2) is 23.8 Å². The van der Waals surface area contributed by atoms with Gasteiger partial charge in [-0.15, -0.1) is 0 Å². The highest BCUT2D eigenvalue weighted by Gasteiger charge is 2.71. The number of aliphatic hydroxyl groups excluding tert-OH is 4. The molecule has 0 radical (unpaired) electrons. The molecule has 5 heteroatoms. The highest BCUT2D eigenvalue weighted by atomic mass is 16.3. The fourth-order valence-corrected chi connectivity index (χ4v) is 10.2. The SMILES string of the molecule is CC1(C)C[C@H]2C3=CC[C@@H]4[C@@]5(C)C=CC(=O)C(C)(C)[C@@H]5CC[C@@]4(C)[C@]3(C)C[C@@H](O)[C@@]2(CO)[C@@H](O)[C@@H]1O. The van der Waals surface area contributed by atoms with E-state index in [1.165, 1.54) is 5.57 Å². The van der Waals surface area contributed by atoms with Crippen molar-refractivity contribution < 1.29 is 25.2 Å². The molecule has 0 aromatic carbocycles. The predicted molar refractivity (Wildman–Crippen MR) is 135 cm³/mol. The second-order valence-corrected chi connectivity index (χ2v) is 14.7. The number of hydrogen-bond donors (Lipinski definition) is 4. The van der Waals surface area contributed by atoms with Crippen molar-refractivity contribution in [1.82, 2.24) is 0 Å². The van der Waals surface area contributed by atoms with E-state index in [9.17, 15) is 25.2 Å². The van der Waals surface area contributed by atoms with Crippen molar-refractivity contribution >= 4 is 5.78 Å². The van der Waals surface area contributed by atoms with Crippen molar-refractivity contribution in [1.29, 1.82) is 0 Å². The van der Waals surface area contributed by atoms with Crippen molar-refractivity contribution in [3.8, 4) is 0 Å². The lowest BCUT2D eigenvalue weighted by Gasteiger charge is -2.71. The number of ketones is 1. The fraction of sp³-hybridized carbons (Fsp3) is 0.833. The van der Waals surface area contributed by atoms with Gasteiger partial charge in [0, 0.05) is 5.41 Å². The number of rotatable bonds is 1. The van der Waals surface area contributed by atoms with E-state index < -0.39 is 29.1 Å². The van der Waals surface area contributed by atoms with E-state index in [-0.39, 0.29) is 45.9 Å². The van der Waals surface area contributed by atoms with Gasteiger partial charge >= 0.3 is 0 Å². The van der Waals surface area contributed by atoms with Crippen LogP contribution in [0, 0.1) is 50.2 Å². The van der Waals surface area contributed by atoms with Gasteiger partial charge in [-0.2, -0.15) is 0 Å². The molecule has 0 bridgehead atoms. The van der Waals surface area contributed by atoms with Gasteiger partial charge in [0.1, 0.15) is 0 Å². The number of hydrogen-bond acceptors (Lipinski definition) is 5. The molecule has 0 aromatic rings. The summed E-state index contributed by atoms with van der Waals surface area (Å²) in [4.78, 5) is 12.8.